The molecule has 22 heavy (non-hydrogen) atoms. The van der Waals surface area contributed by atoms with Gasteiger partial charge in [-0.1, -0.05) is 36.7 Å². The maximum Gasteiger partial charge on any atom is 0.256 e. The Balaban J connectivity index is 1.73. The smallest absolute Gasteiger partial charge is 0.256 e. The maximum atomic E-state index is 12.6. The van der Waals surface area contributed by atoms with Gasteiger partial charge in [-0.25, -0.2) is 0 Å². The highest BCUT2D eigenvalue weighted by atomic mass is 35.5. The Hall–Kier alpha value is -1.52. The van der Waals surface area contributed by atoms with E-state index in [9.17, 15) is 4.79 Å². The minimum Gasteiger partial charge on any atom is -0.353 e. The van der Waals surface area contributed by atoms with E-state index in [1.807, 2.05) is 24.3 Å². The summed E-state index contributed by atoms with van der Waals surface area (Å²) in [6, 6.07) is 7.63. The molecule has 2 N–H and O–H groups in total. The summed E-state index contributed by atoms with van der Waals surface area (Å²) in [6.45, 7) is 2.28. The molecule has 1 aromatic carbocycles. The molecule has 1 amide bonds. The number of rotatable bonds is 1. The number of thiophene rings is 1. The third-order valence-electron chi connectivity index (χ3n) is 4.51. The van der Waals surface area contributed by atoms with Crippen molar-refractivity contribution in [2.75, 3.05) is 5.32 Å². The van der Waals surface area contributed by atoms with E-state index in [4.69, 9.17) is 11.6 Å². The van der Waals surface area contributed by atoms with Crippen LogP contribution < -0.4 is 10.6 Å². The molecule has 3 nitrogen and oxygen atoms in total. The van der Waals surface area contributed by atoms with Crippen molar-refractivity contribution in [3.05, 3.63) is 50.9 Å². The molecule has 2 aliphatic rings. The van der Waals surface area contributed by atoms with Gasteiger partial charge in [-0.3, -0.25) is 4.79 Å². The highest BCUT2D eigenvalue weighted by Crippen LogP contribution is 2.43. The van der Waals surface area contributed by atoms with Crippen LogP contribution in [0.3, 0.4) is 0 Å². The van der Waals surface area contributed by atoms with Crippen LogP contribution in [0.1, 0.15) is 45.9 Å². The number of hydrogen-bond donors (Lipinski definition) is 2. The van der Waals surface area contributed by atoms with Crippen molar-refractivity contribution in [3.8, 4) is 0 Å². The number of hydrogen-bond acceptors (Lipinski definition) is 3. The van der Waals surface area contributed by atoms with Gasteiger partial charge >= 0.3 is 0 Å². The summed E-state index contributed by atoms with van der Waals surface area (Å²) in [7, 11) is 0. The average Bonchev–Trinajstić information content (AvgIpc) is 2.85. The van der Waals surface area contributed by atoms with Crippen molar-refractivity contribution < 1.29 is 4.79 Å². The molecule has 2 heterocycles. The van der Waals surface area contributed by atoms with Crippen LogP contribution >= 0.6 is 22.9 Å². The van der Waals surface area contributed by atoms with Crippen LogP contribution in [0.25, 0.3) is 0 Å². The molecule has 0 saturated heterocycles. The van der Waals surface area contributed by atoms with Gasteiger partial charge in [0.1, 0.15) is 11.2 Å². The summed E-state index contributed by atoms with van der Waals surface area (Å²) < 4.78 is 0. The normalized spacial score (nSPS) is 23.3. The largest absolute Gasteiger partial charge is 0.353 e. The van der Waals surface area contributed by atoms with Crippen LogP contribution in [0.4, 0.5) is 5.00 Å². The number of carbonyl (C=O) groups is 1. The van der Waals surface area contributed by atoms with Gasteiger partial charge in [0.2, 0.25) is 0 Å². The number of halogens is 1. The number of nitrogens with one attached hydrogen (secondary N) is 2. The lowest BCUT2D eigenvalue weighted by Crippen LogP contribution is -2.38. The topological polar surface area (TPSA) is 41.1 Å². The van der Waals surface area contributed by atoms with E-state index < -0.39 is 0 Å². The first-order chi connectivity index (χ1) is 10.6. The molecule has 2 atom stereocenters. The number of anilines is 1. The molecule has 1 aliphatic heterocycles. The van der Waals surface area contributed by atoms with E-state index >= 15 is 0 Å². The van der Waals surface area contributed by atoms with Crippen LogP contribution in [-0.4, -0.2) is 5.91 Å². The lowest BCUT2D eigenvalue weighted by Gasteiger charge is -2.27. The van der Waals surface area contributed by atoms with Crippen molar-refractivity contribution in [1.29, 1.82) is 0 Å². The van der Waals surface area contributed by atoms with Crippen molar-refractivity contribution in [3.63, 3.8) is 0 Å². The van der Waals surface area contributed by atoms with E-state index in [0.717, 1.165) is 35.4 Å². The maximum absolute atomic E-state index is 12.6. The van der Waals surface area contributed by atoms with E-state index in [1.165, 1.54) is 10.4 Å². The Morgan fingerprint density at radius 3 is 2.91 bits per heavy atom. The molecule has 0 fully saturated rings. The monoisotopic (exact) mass is 332 g/mol. The van der Waals surface area contributed by atoms with Crippen LogP contribution in [0.15, 0.2) is 24.3 Å². The minimum atomic E-state index is -0.258. The summed E-state index contributed by atoms with van der Waals surface area (Å²) in [5.74, 6) is 0.723. The highest BCUT2D eigenvalue weighted by Gasteiger charge is 2.33. The molecule has 4 rings (SSSR count). The Morgan fingerprint density at radius 1 is 1.27 bits per heavy atom. The molecule has 0 spiro atoms. The Morgan fingerprint density at radius 2 is 2.09 bits per heavy atom. The first-order valence-electron chi connectivity index (χ1n) is 7.60. The van der Waals surface area contributed by atoms with E-state index in [0.29, 0.717) is 10.9 Å². The molecule has 5 heteroatoms. The standard InChI is InChI=1S/C17H17ClN2OS/c1-9-6-7-11-13(8-9)22-17-14(11)16(21)19-15(20-17)10-4-2-3-5-12(10)18/h2-5,9,15,20H,6-8H2,1H3,(H,19,21)/t9-,15-/m0/s1. The zero-order chi connectivity index (χ0) is 15.3. The molecule has 114 valence electrons. The number of amides is 1. The number of fused-ring (bicyclic) bond motifs is 3. The molecule has 1 aliphatic carbocycles. The zero-order valence-electron chi connectivity index (χ0n) is 12.3. The van der Waals surface area contributed by atoms with Crippen LogP contribution in [0.2, 0.25) is 5.02 Å². The fourth-order valence-electron chi connectivity index (χ4n) is 3.33. The van der Waals surface area contributed by atoms with Gasteiger partial charge in [-0.05, 0) is 36.8 Å². The van der Waals surface area contributed by atoms with Crippen molar-refractivity contribution in [2.45, 2.75) is 32.4 Å². The second kappa shape index (κ2) is 5.28. The summed E-state index contributed by atoms with van der Waals surface area (Å²) in [4.78, 5) is 14.0. The summed E-state index contributed by atoms with van der Waals surface area (Å²) in [5.41, 5.74) is 3.01. The zero-order valence-corrected chi connectivity index (χ0v) is 13.9. The van der Waals surface area contributed by atoms with E-state index in [-0.39, 0.29) is 12.1 Å². The van der Waals surface area contributed by atoms with Gasteiger partial charge in [0.15, 0.2) is 0 Å². The molecular formula is C17H17ClN2OS. The van der Waals surface area contributed by atoms with Crippen LogP contribution in [0.5, 0.6) is 0 Å². The van der Waals surface area contributed by atoms with Gasteiger partial charge in [-0.15, -0.1) is 11.3 Å². The Labute approximate surface area is 138 Å². The molecule has 0 unspecified atom stereocenters. The van der Waals surface area contributed by atoms with Crippen molar-refractivity contribution in [2.24, 2.45) is 5.92 Å². The van der Waals surface area contributed by atoms with Crippen molar-refractivity contribution in [1.82, 2.24) is 5.32 Å². The average molecular weight is 333 g/mol. The summed E-state index contributed by atoms with van der Waals surface area (Å²) >= 11 is 8.00. The molecule has 1 aromatic heterocycles. The van der Waals surface area contributed by atoms with Gasteiger partial charge in [-0.2, -0.15) is 0 Å². The Bertz CT molecular complexity index is 755. The first kappa shape index (κ1) is 14.1. The second-order valence-electron chi connectivity index (χ2n) is 6.13. The van der Waals surface area contributed by atoms with E-state index in [1.54, 1.807) is 11.3 Å². The molecule has 2 aromatic rings. The third-order valence-corrected chi connectivity index (χ3v) is 6.04. The third kappa shape index (κ3) is 2.22. The van der Waals surface area contributed by atoms with Crippen LogP contribution in [0, 0.1) is 5.92 Å². The highest BCUT2D eigenvalue weighted by molar-refractivity contribution is 7.16. The van der Waals surface area contributed by atoms with Gasteiger partial charge < -0.3 is 10.6 Å². The fourth-order valence-corrected chi connectivity index (χ4v) is 5.01. The molecule has 0 bridgehead atoms. The number of carbonyl (C=O) groups excluding carboxylic acids is 1. The lowest BCUT2D eigenvalue weighted by molar-refractivity contribution is 0.0935. The van der Waals surface area contributed by atoms with Crippen molar-refractivity contribution >= 4 is 33.8 Å². The number of benzene rings is 1. The van der Waals surface area contributed by atoms with Crippen LogP contribution in [-0.2, 0) is 12.8 Å². The first-order valence-corrected chi connectivity index (χ1v) is 8.79. The SMILES string of the molecule is C[C@H]1CCc2c(sc3c2C(=O)N[C@H](c2ccccc2Cl)N3)C1. The predicted octanol–water partition coefficient (Wildman–Crippen LogP) is 4.38. The fraction of sp³-hybridized carbons (Fsp3) is 0.353. The quantitative estimate of drug-likeness (QED) is 0.813. The van der Waals surface area contributed by atoms with E-state index in [2.05, 4.69) is 17.6 Å². The van der Waals surface area contributed by atoms with Gasteiger partial charge in [0, 0.05) is 15.5 Å². The predicted molar refractivity (Wildman–Crippen MR) is 90.8 cm³/mol. The minimum absolute atomic E-state index is 0.0192. The summed E-state index contributed by atoms with van der Waals surface area (Å²) in [5, 5.41) is 8.17. The molecule has 0 saturated carbocycles. The van der Waals surface area contributed by atoms with Gasteiger partial charge in [0.25, 0.3) is 5.91 Å². The molecule has 0 radical (unpaired) electrons. The summed E-state index contributed by atoms with van der Waals surface area (Å²) in [6.07, 6.45) is 3.00. The molecular weight excluding hydrogens is 316 g/mol. The van der Waals surface area contributed by atoms with Gasteiger partial charge in [0.05, 0.1) is 5.56 Å². The Kier molecular flexibility index (Phi) is 3.39. The lowest BCUT2D eigenvalue weighted by atomic mass is 9.88. The second-order valence-corrected chi connectivity index (χ2v) is 7.64.